The molecular formula is C18H17BrN2O2. The summed E-state index contributed by atoms with van der Waals surface area (Å²) in [6, 6.07) is 12.5. The van der Waals surface area contributed by atoms with Crippen molar-refractivity contribution in [2.45, 2.75) is 12.8 Å². The van der Waals surface area contributed by atoms with Crippen LogP contribution in [0.2, 0.25) is 0 Å². The summed E-state index contributed by atoms with van der Waals surface area (Å²) in [6.07, 6.45) is 1.83. The first kappa shape index (κ1) is 14.6. The third-order valence-corrected chi connectivity index (χ3v) is 4.58. The average molecular weight is 373 g/mol. The Morgan fingerprint density at radius 1 is 1.09 bits per heavy atom. The van der Waals surface area contributed by atoms with Gasteiger partial charge in [0.25, 0.3) is 0 Å². The SMILES string of the molecule is Brc1cc(CCc2ccccc2C2=NCCN2)c2c(c1)OCO2. The van der Waals surface area contributed by atoms with Crippen molar-refractivity contribution >= 4 is 21.8 Å². The Hall–Kier alpha value is -2.01. The first-order chi connectivity index (χ1) is 11.3. The van der Waals surface area contributed by atoms with E-state index in [4.69, 9.17) is 9.47 Å². The second-order valence-electron chi connectivity index (χ2n) is 5.61. The number of aryl methyl sites for hydroxylation is 2. The van der Waals surface area contributed by atoms with Crippen molar-refractivity contribution in [1.82, 2.24) is 5.32 Å². The van der Waals surface area contributed by atoms with Crippen LogP contribution >= 0.6 is 15.9 Å². The van der Waals surface area contributed by atoms with Gasteiger partial charge in [-0.15, -0.1) is 0 Å². The molecule has 23 heavy (non-hydrogen) atoms. The van der Waals surface area contributed by atoms with Gasteiger partial charge in [0.15, 0.2) is 11.5 Å². The maximum absolute atomic E-state index is 5.62. The standard InChI is InChI=1S/C18H17BrN2O2/c19-14-9-13(17-16(10-14)22-11-23-17)6-5-12-3-1-2-4-15(12)18-20-7-8-21-18/h1-4,9-10H,5-8,11H2,(H,20,21). The van der Waals surface area contributed by atoms with Gasteiger partial charge >= 0.3 is 0 Å². The van der Waals surface area contributed by atoms with E-state index in [1.165, 1.54) is 16.7 Å². The van der Waals surface area contributed by atoms with E-state index in [-0.39, 0.29) is 0 Å². The summed E-state index contributed by atoms with van der Waals surface area (Å²) in [5, 5.41) is 3.36. The van der Waals surface area contributed by atoms with E-state index in [9.17, 15) is 0 Å². The lowest BCUT2D eigenvalue weighted by molar-refractivity contribution is 0.173. The molecule has 0 radical (unpaired) electrons. The second-order valence-corrected chi connectivity index (χ2v) is 6.53. The third-order valence-electron chi connectivity index (χ3n) is 4.12. The van der Waals surface area contributed by atoms with Crippen LogP contribution in [0.25, 0.3) is 0 Å². The number of nitrogens with one attached hydrogen (secondary N) is 1. The number of ether oxygens (including phenoxy) is 2. The third kappa shape index (κ3) is 2.93. The van der Waals surface area contributed by atoms with Crippen LogP contribution in [0.5, 0.6) is 11.5 Å². The summed E-state index contributed by atoms with van der Waals surface area (Å²) in [7, 11) is 0. The van der Waals surface area contributed by atoms with E-state index >= 15 is 0 Å². The van der Waals surface area contributed by atoms with Crippen molar-refractivity contribution in [3.8, 4) is 11.5 Å². The zero-order valence-corrected chi connectivity index (χ0v) is 14.2. The molecule has 5 heteroatoms. The topological polar surface area (TPSA) is 42.9 Å². The Bertz CT molecular complexity index is 774. The Morgan fingerprint density at radius 2 is 1.96 bits per heavy atom. The van der Waals surface area contributed by atoms with Gasteiger partial charge in [-0.05, 0) is 36.1 Å². The van der Waals surface area contributed by atoms with E-state index < -0.39 is 0 Å². The molecule has 0 aliphatic carbocycles. The fourth-order valence-corrected chi connectivity index (χ4v) is 3.53. The van der Waals surface area contributed by atoms with Gasteiger partial charge in [0.05, 0.1) is 6.54 Å². The van der Waals surface area contributed by atoms with Gasteiger partial charge in [0.1, 0.15) is 5.84 Å². The molecule has 0 atom stereocenters. The van der Waals surface area contributed by atoms with Crippen LogP contribution in [-0.2, 0) is 12.8 Å². The zero-order valence-electron chi connectivity index (χ0n) is 12.6. The molecule has 0 spiro atoms. The monoisotopic (exact) mass is 372 g/mol. The van der Waals surface area contributed by atoms with Gasteiger partial charge in [-0.1, -0.05) is 40.2 Å². The smallest absolute Gasteiger partial charge is 0.231 e. The molecule has 0 amide bonds. The highest BCUT2D eigenvalue weighted by Crippen LogP contribution is 2.39. The van der Waals surface area contributed by atoms with Crippen LogP contribution in [-0.4, -0.2) is 25.7 Å². The molecule has 2 aliphatic rings. The molecule has 0 bridgehead atoms. The average Bonchev–Trinajstić information content (AvgIpc) is 3.24. The van der Waals surface area contributed by atoms with Crippen LogP contribution in [0, 0.1) is 0 Å². The minimum absolute atomic E-state index is 0.302. The quantitative estimate of drug-likeness (QED) is 0.894. The highest BCUT2D eigenvalue weighted by molar-refractivity contribution is 9.10. The van der Waals surface area contributed by atoms with Crippen LogP contribution in [0.4, 0.5) is 0 Å². The molecule has 118 valence electrons. The lowest BCUT2D eigenvalue weighted by Crippen LogP contribution is -2.21. The van der Waals surface area contributed by atoms with Crippen LogP contribution in [0.3, 0.4) is 0 Å². The molecule has 2 aromatic rings. The second kappa shape index (κ2) is 6.24. The minimum Gasteiger partial charge on any atom is -0.454 e. The van der Waals surface area contributed by atoms with Gasteiger partial charge in [-0.3, -0.25) is 4.99 Å². The Labute approximate surface area is 143 Å². The number of amidine groups is 1. The van der Waals surface area contributed by atoms with Crippen molar-refractivity contribution in [2.24, 2.45) is 4.99 Å². The summed E-state index contributed by atoms with van der Waals surface area (Å²) in [5.74, 6) is 2.71. The maximum Gasteiger partial charge on any atom is 0.231 e. The zero-order chi connectivity index (χ0) is 15.6. The number of fused-ring (bicyclic) bond motifs is 1. The first-order valence-electron chi connectivity index (χ1n) is 7.76. The van der Waals surface area contributed by atoms with Crippen LogP contribution in [0.15, 0.2) is 45.9 Å². The van der Waals surface area contributed by atoms with Crippen LogP contribution in [0.1, 0.15) is 16.7 Å². The molecule has 0 aromatic heterocycles. The normalized spacial score (nSPS) is 15.4. The molecule has 0 unspecified atom stereocenters. The van der Waals surface area contributed by atoms with E-state index in [0.717, 1.165) is 47.7 Å². The van der Waals surface area contributed by atoms with Crippen LogP contribution < -0.4 is 14.8 Å². The number of hydrogen-bond donors (Lipinski definition) is 1. The van der Waals surface area contributed by atoms with Gasteiger partial charge in [-0.2, -0.15) is 0 Å². The number of rotatable bonds is 4. The fourth-order valence-electron chi connectivity index (χ4n) is 3.05. The molecule has 0 saturated heterocycles. The molecule has 0 saturated carbocycles. The Balaban J connectivity index is 1.59. The van der Waals surface area contributed by atoms with E-state index in [1.807, 2.05) is 6.07 Å². The van der Waals surface area contributed by atoms with E-state index in [0.29, 0.717) is 6.79 Å². The van der Waals surface area contributed by atoms with Crippen molar-refractivity contribution in [1.29, 1.82) is 0 Å². The lowest BCUT2D eigenvalue weighted by Gasteiger charge is -2.11. The summed E-state index contributed by atoms with van der Waals surface area (Å²) in [4.78, 5) is 4.55. The van der Waals surface area contributed by atoms with Crippen molar-refractivity contribution in [2.75, 3.05) is 19.9 Å². The highest BCUT2D eigenvalue weighted by atomic mass is 79.9. The summed E-state index contributed by atoms with van der Waals surface area (Å²) in [5.41, 5.74) is 3.67. The van der Waals surface area contributed by atoms with E-state index in [1.54, 1.807) is 0 Å². The van der Waals surface area contributed by atoms with Gasteiger partial charge in [0.2, 0.25) is 6.79 Å². The largest absolute Gasteiger partial charge is 0.454 e. The Kier molecular flexibility index (Phi) is 3.95. The first-order valence-corrected chi connectivity index (χ1v) is 8.55. The fraction of sp³-hybridized carbons (Fsp3) is 0.278. The number of halogens is 1. The Morgan fingerprint density at radius 3 is 2.83 bits per heavy atom. The number of aliphatic imine (C=N–C) groups is 1. The summed E-state index contributed by atoms with van der Waals surface area (Å²) in [6.45, 7) is 2.08. The summed E-state index contributed by atoms with van der Waals surface area (Å²) >= 11 is 3.55. The van der Waals surface area contributed by atoms with Gasteiger partial charge in [0, 0.05) is 16.6 Å². The number of benzene rings is 2. The molecule has 2 aromatic carbocycles. The number of nitrogens with zero attached hydrogens (tertiary/aromatic N) is 1. The molecular weight excluding hydrogens is 356 g/mol. The van der Waals surface area contributed by atoms with Gasteiger partial charge < -0.3 is 14.8 Å². The maximum atomic E-state index is 5.62. The van der Waals surface area contributed by atoms with E-state index in [2.05, 4.69) is 56.6 Å². The predicted molar refractivity (Wildman–Crippen MR) is 93.5 cm³/mol. The van der Waals surface area contributed by atoms with Crippen molar-refractivity contribution in [3.05, 3.63) is 57.6 Å². The molecule has 1 N–H and O–H groups in total. The molecule has 2 heterocycles. The van der Waals surface area contributed by atoms with Crippen molar-refractivity contribution < 1.29 is 9.47 Å². The minimum atomic E-state index is 0.302. The highest BCUT2D eigenvalue weighted by Gasteiger charge is 2.19. The predicted octanol–water partition coefficient (Wildman–Crippen LogP) is 3.31. The molecule has 4 rings (SSSR count). The number of hydrogen-bond acceptors (Lipinski definition) is 4. The van der Waals surface area contributed by atoms with Crippen molar-refractivity contribution in [3.63, 3.8) is 0 Å². The molecule has 0 fully saturated rings. The lowest BCUT2D eigenvalue weighted by atomic mass is 9.98. The molecule has 2 aliphatic heterocycles. The van der Waals surface area contributed by atoms with Gasteiger partial charge in [-0.25, -0.2) is 0 Å². The molecule has 4 nitrogen and oxygen atoms in total. The summed E-state index contributed by atoms with van der Waals surface area (Å²) < 4.78 is 12.1.